The molecule has 0 saturated heterocycles. The van der Waals surface area contributed by atoms with Crippen LogP contribution in [0.15, 0.2) is 36.4 Å². The fraction of sp³-hybridized carbons (Fsp3) is 0.235. The third-order valence-electron chi connectivity index (χ3n) is 3.68. The molecule has 0 aromatic heterocycles. The molecule has 0 radical (unpaired) electrons. The first-order valence-electron chi connectivity index (χ1n) is 7.75. The highest BCUT2D eigenvalue weighted by Gasteiger charge is 2.31. The predicted molar refractivity (Wildman–Crippen MR) is 113 cm³/mol. The lowest BCUT2D eigenvalue weighted by atomic mass is 10.2. The molecule has 0 heterocycles. The third-order valence-corrected chi connectivity index (χ3v) is 6.15. The molecule has 0 saturated carbocycles. The molecule has 0 spiro atoms. The average Bonchev–Trinajstić information content (AvgIpc) is 2.57. The van der Waals surface area contributed by atoms with Gasteiger partial charge in [0.1, 0.15) is 6.04 Å². The summed E-state index contributed by atoms with van der Waals surface area (Å²) in [6.07, 6.45) is 1.25. The number of halogens is 4. The number of rotatable bonds is 6. The van der Waals surface area contributed by atoms with Crippen molar-refractivity contribution in [2.75, 3.05) is 15.9 Å². The maximum Gasteiger partial charge on any atom is 0.248 e. The zero-order valence-electron chi connectivity index (χ0n) is 14.3. The Hall–Kier alpha value is -1.18. The van der Waals surface area contributed by atoms with Gasteiger partial charge in [0.15, 0.2) is 0 Å². The number of benzene rings is 2. The second kappa shape index (κ2) is 8.88. The standard InChI is InChI=1S/C17H16Cl4N2O3S/c1-3-16(17(24)22-15-9-13(20)12(19)8-14(15)21)23(27(2,25)26)11-6-4-10(18)5-7-11/h4-9,16H,3H2,1-2H3,(H,22,24)/t16-/m1/s1. The molecule has 146 valence electrons. The number of anilines is 2. The molecule has 2 aromatic carbocycles. The monoisotopic (exact) mass is 468 g/mol. The molecular formula is C17H16Cl4N2O3S. The summed E-state index contributed by atoms with van der Waals surface area (Å²) < 4.78 is 25.8. The fourth-order valence-electron chi connectivity index (χ4n) is 2.48. The SMILES string of the molecule is CC[C@H](C(=O)Nc1cc(Cl)c(Cl)cc1Cl)N(c1ccc(Cl)cc1)S(C)(=O)=O. The summed E-state index contributed by atoms with van der Waals surface area (Å²) in [7, 11) is -3.76. The van der Waals surface area contributed by atoms with Crippen LogP contribution in [0.2, 0.25) is 20.1 Å². The van der Waals surface area contributed by atoms with Gasteiger partial charge in [-0.2, -0.15) is 0 Å². The van der Waals surface area contributed by atoms with E-state index in [1.54, 1.807) is 19.1 Å². The maximum atomic E-state index is 12.8. The van der Waals surface area contributed by atoms with E-state index >= 15 is 0 Å². The van der Waals surface area contributed by atoms with E-state index in [0.717, 1.165) is 10.6 Å². The summed E-state index contributed by atoms with van der Waals surface area (Å²) in [6, 6.07) is 7.97. The van der Waals surface area contributed by atoms with Crippen molar-refractivity contribution in [2.24, 2.45) is 0 Å². The highest BCUT2D eigenvalue weighted by Crippen LogP contribution is 2.33. The molecule has 2 aromatic rings. The average molecular weight is 470 g/mol. The van der Waals surface area contributed by atoms with Gasteiger partial charge in [-0.15, -0.1) is 0 Å². The number of sulfonamides is 1. The van der Waals surface area contributed by atoms with E-state index in [0.29, 0.717) is 10.7 Å². The normalized spacial score (nSPS) is 12.5. The molecular weight excluding hydrogens is 454 g/mol. The van der Waals surface area contributed by atoms with E-state index in [1.807, 2.05) is 0 Å². The Labute approximate surface area is 178 Å². The molecule has 1 amide bonds. The van der Waals surface area contributed by atoms with E-state index < -0.39 is 22.0 Å². The van der Waals surface area contributed by atoms with E-state index in [4.69, 9.17) is 46.4 Å². The largest absolute Gasteiger partial charge is 0.323 e. The quantitative estimate of drug-likeness (QED) is 0.569. The third kappa shape index (κ3) is 5.42. The molecule has 27 heavy (non-hydrogen) atoms. The number of nitrogens with one attached hydrogen (secondary N) is 1. The van der Waals surface area contributed by atoms with Crippen LogP contribution < -0.4 is 9.62 Å². The molecule has 0 fully saturated rings. The molecule has 0 bridgehead atoms. The van der Waals surface area contributed by atoms with Crippen LogP contribution in [-0.2, 0) is 14.8 Å². The van der Waals surface area contributed by atoms with Crippen molar-refractivity contribution in [1.82, 2.24) is 0 Å². The minimum atomic E-state index is -3.76. The topological polar surface area (TPSA) is 66.5 Å². The molecule has 0 aliphatic heterocycles. The predicted octanol–water partition coefficient (Wildman–Crippen LogP) is 5.48. The highest BCUT2D eigenvalue weighted by molar-refractivity contribution is 7.92. The van der Waals surface area contributed by atoms with Gasteiger partial charge in [0, 0.05) is 5.02 Å². The van der Waals surface area contributed by atoms with Gasteiger partial charge in [-0.1, -0.05) is 53.3 Å². The van der Waals surface area contributed by atoms with Crippen LogP contribution in [0.5, 0.6) is 0 Å². The van der Waals surface area contributed by atoms with E-state index in [-0.39, 0.29) is 27.2 Å². The molecule has 0 aliphatic rings. The van der Waals surface area contributed by atoms with Crippen molar-refractivity contribution >= 4 is 73.7 Å². The van der Waals surface area contributed by atoms with E-state index in [1.165, 1.54) is 24.3 Å². The van der Waals surface area contributed by atoms with Gasteiger partial charge in [0.25, 0.3) is 0 Å². The number of hydrogen-bond acceptors (Lipinski definition) is 3. The highest BCUT2D eigenvalue weighted by atomic mass is 35.5. The zero-order valence-corrected chi connectivity index (χ0v) is 18.2. The minimum Gasteiger partial charge on any atom is -0.323 e. The summed E-state index contributed by atoms with van der Waals surface area (Å²) in [4.78, 5) is 12.8. The summed E-state index contributed by atoms with van der Waals surface area (Å²) in [5, 5.41) is 3.70. The number of amides is 1. The molecule has 0 aliphatic carbocycles. The Bertz CT molecular complexity index is 949. The Morgan fingerprint density at radius 2 is 1.59 bits per heavy atom. The van der Waals surface area contributed by atoms with Crippen LogP contribution in [0.3, 0.4) is 0 Å². The van der Waals surface area contributed by atoms with Crippen LogP contribution in [0.1, 0.15) is 13.3 Å². The number of carbonyl (C=O) groups is 1. The van der Waals surface area contributed by atoms with Crippen LogP contribution in [-0.4, -0.2) is 26.6 Å². The van der Waals surface area contributed by atoms with Crippen LogP contribution in [0.4, 0.5) is 11.4 Å². The first-order chi connectivity index (χ1) is 12.5. The fourth-order valence-corrected chi connectivity index (χ4v) is 4.41. The Morgan fingerprint density at radius 1 is 1.04 bits per heavy atom. The molecule has 1 N–H and O–H groups in total. The van der Waals surface area contributed by atoms with Crippen LogP contribution in [0.25, 0.3) is 0 Å². The van der Waals surface area contributed by atoms with E-state index in [2.05, 4.69) is 5.32 Å². The Morgan fingerprint density at radius 3 is 2.11 bits per heavy atom. The van der Waals surface area contributed by atoms with Gasteiger partial charge in [0.05, 0.1) is 32.7 Å². The molecule has 5 nitrogen and oxygen atoms in total. The first-order valence-corrected chi connectivity index (χ1v) is 11.1. The molecule has 2 rings (SSSR count). The van der Waals surface area contributed by atoms with Gasteiger partial charge in [-0.3, -0.25) is 9.10 Å². The number of carbonyl (C=O) groups excluding carboxylic acids is 1. The summed E-state index contributed by atoms with van der Waals surface area (Å²) in [5.74, 6) is -0.557. The summed E-state index contributed by atoms with van der Waals surface area (Å²) in [5.41, 5.74) is 0.559. The van der Waals surface area contributed by atoms with Gasteiger partial charge < -0.3 is 5.32 Å². The van der Waals surface area contributed by atoms with Crippen LogP contribution in [0, 0.1) is 0 Å². The van der Waals surface area contributed by atoms with Gasteiger partial charge in [-0.05, 0) is 42.8 Å². The summed E-state index contributed by atoms with van der Waals surface area (Å²) in [6.45, 7) is 1.70. The first kappa shape index (κ1) is 22.1. The number of hydrogen-bond donors (Lipinski definition) is 1. The molecule has 1 atom stereocenters. The Balaban J connectivity index is 2.40. The lowest BCUT2D eigenvalue weighted by Gasteiger charge is -2.30. The smallest absolute Gasteiger partial charge is 0.248 e. The van der Waals surface area contributed by atoms with Crippen molar-refractivity contribution < 1.29 is 13.2 Å². The summed E-state index contributed by atoms with van der Waals surface area (Å²) >= 11 is 23.8. The van der Waals surface area contributed by atoms with Gasteiger partial charge in [0.2, 0.25) is 15.9 Å². The molecule has 0 unspecified atom stereocenters. The van der Waals surface area contributed by atoms with Crippen molar-refractivity contribution in [3.63, 3.8) is 0 Å². The second-order valence-electron chi connectivity index (χ2n) is 5.69. The van der Waals surface area contributed by atoms with Gasteiger partial charge >= 0.3 is 0 Å². The lowest BCUT2D eigenvalue weighted by molar-refractivity contribution is -0.117. The van der Waals surface area contributed by atoms with Gasteiger partial charge in [-0.25, -0.2) is 8.42 Å². The van der Waals surface area contributed by atoms with Crippen molar-refractivity contribution in [3.05, 3.63) is 56.5 Å². The Kier molecular flexibility index (Phi) is 7.27. The zero-order chi connectivity index (χ0) is 20.4. The second-order valence-corrected chi connectivity index (χ2v) is 9.21. The van der Waals surface area contributed by atoms with Crippen molar-refractivity contribution in [3.8, 4) is 0 Å². The van der Waals surface area contributed by atoms with E-state index in [9.17, 15) is 13.2 Å². The molecule has 10 heteroatoms. The van der Waals surface area contributed by atoms with Crippen molar-refractivity contribution in [2.45, 2.75) is 19.4 Å². The minimum absolute atomic E-state index is 0.185. The lowest BCUT2D eigenvalue weighted by Crippen LogP contribution is -2.47. The van der Waals surface area contributed by atoms with Crippen molar-refractivity contribution in [1.29, 1.82) is 0 Å². The number of nitrogens with zero attached hydrogens (tertiary/aromatic N) is 1. The van der Waals surface area contributed by atoms with Crippen LogP contribution >= 0.6 is 46.4 Å². The maximum absolute atomic E-state index is 12.8.